The molecular formula is C16H23N3. The van der Waals surface area contributed by atoms with Crippen molar-refractivity contribution >= 4 is 0 Å². The van der Waals surface area contributed by atoms with Gasteiger partial charge < -0.3 is 10.3 Å². The topological polar surface area (TPSA) is 40.7 Å². The molecule has 1 atom stereocenters. The van der Waals surface area contributed by atoms with Crippen LogP contribution in [0.4, 0.5) is 0 Å². The highest BCUT2D eigenvalue weighted by Crippen LogP contribution is 2.16. The molecule has 0 aliphatic heterocycles. The van der Waals surface area contributed by atoms with Gasteiger partial charge in [-0.05, 0) is 36.9 Å². The molecule has 1 unspecified atom stereocenters. The molecular weight excluding hydrogens is 234 g/mol. The van der Waals surface area contributed by atoms with E-state index in [9.17, 15) is 0 Å². The third kappa shape index (κ3) is 3.93. The fourth-order valence-corrected chi connectivity index (χ4v) is 2.20. The summed E-state index contributed by atoms with van der Waals surface area (Å²) in [5, 5.41) is 3.56. The van der Waals surface area contributed by atoms with Crippen LogP contribution in [0.1, 0.15) is 43.3 Å². The molecule has 1 aromatic carbocycles. The first-order chi connectivity index (χ1) is 9.33. The molecule has 0 saturated heterocycles. The van der Waals surface area contributed by atoms with Crippen LogP contribution in [0.2, 0.25) is 0 Å². The average molecular weight is 257 g/mol. The summed E-state index contributed by atoms with van der Waals surface area (Å²) in [6.45, 7) is 5.38. The largest absolute Gasteiger partial charge is 0.347 e. The summed E-state index contributed by atoms with van der Waals surface area (Å²) in [6, 6.07) is 9.15. The molecule has 0 amide bonds. The highest BCUT2D eigenvalue weighted by atomic mass is 15.0. The average Bonchev–Trinajstić information content (AvgIpc) is 2.98. The Hall–Kier alpha value is -1.61. The Morgan fingerprint density at radius 2 is 1.89 bits per heavy atom. The Balaban J connectivity index is 2.06. The van der Waals surface area contributed by atoms with Crippen LogP contribution in [-0.2, 0) is 12.8 Å². The number of aryl methyl sites for hydroxylation is 1. The number of benzene rings is 1. The molecule has 2 N–H and O–H groups in total. The van der Waals surface area contributed by atoms with E-state index in [1.54, 1.807) is 0 Å². The second-order valence-corrected chi connectivity index (χ2v) is 4.86. The predicted molar refractivity (Wildman–Crippen MR) is 79.1 cm³/mol. The highest BCUT2D eigenvalue weighted by molar-refractivity contribution is 5.23. The Bertz CT molecular complexity index is 459. The molecule has 0 spiro atoms. The Morgan fingerprint density at radius 3 is 2.47 bits per heavy atom. The van der Waals surface area contributed by atoms with Gasteiger partial charge in [0.2, 0.25) is 0 Å². The van der Waals surface area contributed by atoms with E-state index in [0.717, 1.165) is 31.6 Å². The van der Waals surface area contributed by atoms with E-state index < -0.39 is 0 Å². The fraction of sp³-hybridized carbons (Fsp3) is 0.438. The lowest BCUT2D eigenvalue weighted by Crippen LogP contribution is -2.25. The molecule has 3 heteroatoms. The molecule has 0 saturated carbocycles. The van der Waals surface area contributed by atoms with E-state index in [1.165, 1.54) is 11.1 Å². The van der Waals surface area contributed by atoms with Crippen LogP contribution < -0.4 is 5.32 Å². The molecule has 1 heterocycles. The molecule has 2 rings (SSSR count). The summed E-state index contributed by atoms with van der Waals surface area (Å²) in [5.74, 6) is 1.02. The quantitative estimate of drug-likeness (QED) is 0.799. The second-order valence-electron chi connectivity index (χ2n) is 4.86. The zero-order valence-corrected chi connectivity index (χ0v) is 11.8. The van der Waals surface area contributed by atoms with Gasteiger partial charge in [-0.2, -0.15) is 0 Å². The normalized spacial score (nSPS) is 12.5. The number of rotatable bonds is 7. The van der Waals surface area contributed by atoms with Gasteiger partial charge in [-0.3, -0.25) is 0 Å². The van der Waals surface area contributed by atoms with Crippen molar-refractivity contribution < 1.29 is 0 Å². The van der Waals surface area contributed by atoms with Crippen molar-refractivity contribution in [3.05, 3.63) is 53.6 Å². The first-order valence-electron chi connectivity index (χ1n) is 7.14. The van der Waals surface area contributed by atoms with Crippen molar-refractivity contribution in [2.75, 3.05) is 6.54 Å². The summed E-state index contributed by atoms with van der Waals surface area (Å²) in [5.41, 5.74) is 2.74. The standard InChI is InChI=1S/C16H23N3/c1-3-9-17-15(16-18-10-11-19-16)12-14-7-5-13(4-2)6-8-14/h5-8,10-11,15,17H,3-4,9,12H2,1-2H3,(H,18,19). The molecule has 0 radical (unpaired) electrons. The Kier molecular flexibility index (Phi) is 5.16. The van der Waals surface area contributed by atoms with Crippen molar-refractivity contribution in [3.63, 3.8) is 0 Å². The van der Waals surface area contributed by atoms with Crippen LogP contribution in [0.5, 0.6) is 0 Å². The molecule has 3 nitrogen and oxygen atoms in total. The fourth-order valence-electron chi connectivity index (χ4n) is 2.20. The van der Waals surface area contributed by atoms with Crippen LogP contribution >= 0.6 is 0 Å². The third-order valence-corrected chi connectivity index (χ3v) is 3.36. The van der Waals surface area contributed by atoms with Crippen LogP contribution in [0.15, 0.2) is 36.7 Å². The number of nitrogens with zero attached hydrogens (tertiary/aromatic N) is 1. The van der Waals surface area contributed by atoms with E-state index >= 15 is 0 Å². The minimum Gasteiger partial charge on any atom is -0.347 e. The summed E-state index contributed by atoms with van der Waals surface area (Å²) >= 11 is 0. The Morgan fingerprint density at radius 1 is 1.16 bits per heavy atom. The van der Waals surface area contributed by atoms with Gasteiger partial charge in [-0.25, -0.2) is 4.98 Å². The van der Waals surface area contributed by atoms with Gasteiger partial charge in [-0.1, -0.05) is 38.1 Å². The first kappa shape index (κ1) is 13.8. The second kappa shape index (κ2) is 7.10. The minimum absolute atomic E-state index is 0.266. The van der Waals surface area contributed by atoms with Gasteiger partial charge in [0.15, 0.2) is 0 Å². The SMILES string of the molecule is CCCNC(Cc1ccc(CC)cc1)c1ncc[nH]1. The van der Waals surface area contributed by atoms with Gasteiger partial charge in [0.1, 0.15) is 5.82 Å². The smallest absolute Gasteiger partial charge is 0.123 e. The van der Waals surface area contributed by atoms with Gasteiger partial charge in [0.05, 0.1) is 6.04 Å². The number of hydrogen-bond donors (Lipinski definition) is 2. The molecule has 0 fully saturated rings. The monoisotopic (exact) mass is 257 g/mol. The van der Waals surface area contributed by atoms with E-state index in [0.29, 0.717) is 0 Å². The maximum atomic E-state index is 4.38. The van der Waals surface area contributed by atoms with Crippen LogP contribution in [-0.4, -0.2) is 16.5 Å². The maximum absolute atomic E-state index is 4.38. The van der Waals surface area contributed by atoms with Crippen molar-refractivity contribution in [3.8, 4) is 0 Å². The van der Waals surface area contributed by atoms with Crippen molar-refractivity contribution in [2.45, 2.75) is 39.2 Å². The summed E-state index contributed by atoms with van der Waals surface area (Å²) < 4.78 is 0. The lowest BCUT2D eigenvalue weighted by molar-refractivity contribution is 0.508. The van der Waals surface area contributed by atoms with Gasteiger partial charge in [0.25, 0.3) is 0 Å². The van der Waals surface area contributed by atoms with Crippen LogP contribution in [0.3, 0.4) is 0 Å². The van der Waals surface area contributed by atoms with E-state index in [4.69, 9.17) is 0 Å². The van der Waals surface area contributed by atoms with E-state index in [1.807, 2.05) is 12.4 Å². The summed E-state index contributed by atoms with van der Waals surface area (Å²) in [6.07, 6.45) is 6.89. The highest BCUT2D eigenvalue weighted by Gasteiger charge is 2.13. The Labute approximate surface area is 115 Å². The summed E-state index contributed by atoms with van der Waals surface area (Å²) in [7, 11) is 0. The van der Waals surface area contributed by atoms with Crippen molar-refractivity contribution in [1.29, 1.82) is 0 Å². The lowest BCUT2D eigenvalue weighted by atomic mass is 10.0. The number of aromatic nitrogens is 2. The van der Waals surface area contributed by atoms with Crippen LogP contribution in [0, 0.1) is 0 Å². The van der Waals surface area contributed by atoms with Crippen molar-refractivity contribution in [2.24, 2.45) is 0 Å². The van der Waals surface area contributed by atoms with E-state index in [2.05, 4.69) is 53.4 Å². The molecule has 1 aromatic heterocycles. The number of nitrogens with one attached hydrogen (secondary N) is 2. The van der Waals surface area contributed by atoms with Gasteiger partial charge in [-0.15, -0.1) is 0 Å². The minimum atomic E-state index is 0.266. The first-order valence-corrected chi connectivity index (χ1v) is 7.14. The zero-order valence-electron chi connectivity index (χ0n) is 11.8. The molecule has 19 heavy (non-hydrogen) atoms. The zero-order chi connectivity index (χ0) is 13.5. The molecule has 0 aliphatic carbocycles. The van der Waals surface area contributed by atoms with Crippen LogP contribution in [0.25, 0.3) is 0 Å². The molecule has 0 aliphatic rings. The summed E-state index contributed by atoms with van der Waals surface area (Å²) in [4.78, 5) is 7.60. The molecule has 0 bridgehead atoms. The number of aromatic amines is 1. The van der Waals surface area contributed by atoms with Crippen molar-refractivity contribution in [1.82, 2.24) is 15.3 Å². The maximum Gasteiger partial charge on any atom is 0.123 e. The van der Waals surface area contributed by atoms with Gasteiger partial charge in [0, 0.05) is 12.4 Å². The predicted octanol–water partition coefficient (Wildman–Crippen LogP) is 3.26. The van der Waals surface area contributed by atoms with E-state index in [-0.39, 0.29) is 6.04 Å². The number of imidazole rings is 1. The molecule has 102 valence electrons. The van der Waals surface area contributed by atoms with Gasteiger partial charge >= 0.3 is 0 Å². The lowest BCUT2D eigenvalue weighted by Gasteiger charge is -2.16. The third-order valence-electron chi connectivity index (χ3n) is 3.36. The number of hydrogen-bond acceptors (Lipinski definition) is 2. The number of H-pyrrole nitrogens is 1. The molecule has 2 aromatic rings.